The molecule has 0 saturated heterocycles. The summed E-state index contributed by atoms with van der Waals surface area (Å²) in [5.74, 6) is -1.29. The fourth-order valence-corrected chi connectivity index (χ4v) is 3.55. The van der Waals surface area contributed by atoms with E-state index < -0.39 is 17.2 Å². The third-order valence-electron chi connectivity index (χ3n) is 3.20. The molecular formula is C12H13N5O4S. The highest BCUT2D eigenvalue weighted by atomic mass is 32.1. The Labute approximate surface area is 127 Å². The number of carboxylic acid groups (broad SMARTS) is 1. The van der Waals surface area contributed by atoms with Crippen LogP contribution in [0.2, 0.25) is 0 Å². The standard InChI is InChI=1S/C12H13N5O4S/c1-5(2)17-10-8(9(18)16(3)12(17)21)7(11(19)20)6(22-10)4-14-15-13/h5H,4H2,1-3H3,(H,19,20). The largest absolute Gasteiger partial charge is 0.478 e. The molecule has 0 aliphatic rings. The molecule has 116 valence electrons. The number of carboxylic acids is 1. The average Bonchev–Trinajstić information content (AvgIpc) is 2.81. The zero-order chi connectivity index (χ0) is 16.6. The van der Waals surface area contributed by atoms with Gasteiger partial charge in [-0.3, -0.25) is 13.9 Å². The number of hydrogen-bond acceptors (Lipinski definition) is 5. The summed E-state index contributed by atoms with van der Waals surface area (Å²) in [4.78, 5) is 39.2. The molecule has 0 amide bonds. The fraction of sp³-hybridized carbons (Fsp3) is 0.417. The van der Waals surface area contributed by atoms with Gasteiger partial charge in [0.1, 0.15) is 4.83 Å². The Kier molecular flexibility index (Phi) is 4.07. The van der Waals surface area contributed by atoms with E-state index in [0.29, 0.717) is 0 Å². The van der Waals surface area contributed by atoms with Crippen LogP contribution in [0.15, 0.2) is 14.7 Å². The van der Waals surface area contributed by atoms with Crippen LogP contribution in [0.3, 0.4) is 0 Å². The van der Waals surface area contributed by atoms with E-state index in [9.17, 15) is 19.5 Å². The van der Waals surface area contributed by atoms with Crippen molar-refractivity contribution in [2.75, 3.05) is 0 Å². The normalized spacial score (nSPS) is 10.9. The van der Waals surface area contributed by atoms with E-state index in [4.69, 9.17) is 5.53 Å². The van der Waals surface area contributed by atoms with Gasteiger partial charge in [0.2, 0.25) is 0 Å². The lowest BCUT2D eigenvalue weighted by Gasteiger charge is -2.12. The van der Waals surface area contributed by atoms with Crippen molar-refractivity contribution in [3.63, 3.8) is 0 Å². The predicted octanol–water partition coefficient (Wildman–Crippen LogP) is 1.85. The molecule has 0 aliphatic heterocycles. The van der Waals surface area contributed by atoms with Gasteiger partial charge in [0, 0.05) is 22.9 Å². The zero-order valence-electron chi connectivity index (χ0n) is 12.1. The SMILES string of the molecule is CC(C)n1c(=O)n(C)c(=O)c2c(C(=O)O)c(CN=[N+]=[N-])sc21. The Balaban J connectivity index is 3.07. The summed E-state index contributed by atoms with van der Waals surface area (Å²) in [6.07, 6.45) is 0. The Morgan fingerprint density at radius 1 is 1.45 bits per heavy atom. The van der Waals surface area contributed by atoms with Crippen molar-refractivity contribution in [3.05, 3.63) is 41.7 Å². The summed E-state index contributed by atoms with van der Waals surface area (Å²) in [6.45, 7) is 3.34. The van der Waals surface area contributed by atoms with Crippen molar-refractivity contribution in [1.29, 1.82) is 0 Å². The van der Waals surface area contributed by atoms with Gasteiger partial charge in [0.25, 0.3) is 5.56 Å². The summed E-state index contributed by atoms with van der Waals surface area (Å²) in [5, 5.41) is 12.7. The molecule has 0 atom stereocenters. The number of thiophene rings is 1. The molecule has 1 N–H and O–H groups in total. The highest BCUT2D eigenvalue weighted by molar-refractivity contribution is 7.19. The quantitative estimate of drug-likeness (QED) is 0.522. The van der Waals surface area contributed by atoms with Crippen LogP contribution in [-0.2, 0) is 13.6 Å². The van der Waals surface area contributed by atoms with Crippen LogP contribution in [0.5, 0.6) is 0 Å². The summed E-state index contributed by atoms with van der Waals surface area (Å²) in [6, 6.07) is -0.255. The lowest BCUT2D eigenvalue weighted by molar-refractivity contribution is 0.0698. The first-order chi connectivity index (χ1) is 10.3. The van der Waals surface area contributed by atoms with Crippen molar-refractivity contribution < 1.29 is 9.90 Å². The number of azide groups is 1. The molecule has 0 unspecified atom stereocenters. The minimum atomic E-state index is -1.29. The summed E-state index contributed by atoms with van der Waals surface area (Å²) in [7, 11) is 1.30. The van der Waals surface area contributed by atoms with E-state index in [1.807, 2.05) is 0 Å². The molecule has 0 saturated carbocycles. The molecule has 2 aromatic rings. The number of fused-ring (bicyclic) bond motifs is 1. The Hall–Kier alpha value is -2.58. The molecule has 0 bridgehead atoms. The molecule has 2 heterocycles. The summed E-state index contributed by atoms with van der Waals surface area (Å²) < 4.78 is 2.26. The van der Waals surface area contributed by atoms with Gasteiger partial charge in [-0.1, -0.05) is 5.11 Å². The number of rotatable bonds is 4. The van der Waals surface area contributed by atoms with Crippen LogP contribution in [0.1, 0.15) is 35.1 Å². The van der Waals surface area contributed by atoms with Crippen LogP contribution in [0.25, 0.3) is 20.7 Å². The number of carbonyl (C=O) groups is 1. The van der Waals surface area contributed by atoms with Crippen LogP contribution in [-0.4, -0.2) is 20.2 Å². The molecule has 0 fully saturated rings. The molecule has 0 aliphatic carbocycles. The highest BCUT2D eigenvalue weighted by Gasteiger charge is 2.25. The molecule has 0 spiro atoms. The molecule has 2 aromatic heterocycles. The number of aromatic nitrogens is 2. The average molecular weight is 323 g/mol. The molecule has 9 nitrogen and oxygen atoms in total. The number of aromatic carboxylic acids is 1. The zero-order valence-corrected chi connectivity index (χ0v) is 12.9. The van der Waals surface area contributed by atoms with Crippen molar-refractivity contribution in [2.45, 2.75) is 26.4 Å². The Morgan fingerprint density at radius 2 is 2.09 bits per heavy atom. The molecule has 0 radical (unpaired) electrons. The highest BCUT2D eigenvalue weighted by Crippen LogP contribution is 2.30. The van der Waals surface area contributed by atoms with Crippen LogP contribution in [0.4, 0.5) is 0 Å². The smallest absolute Gasteiger partial charge is 0.337 e. The first kappa shape index (κ1) is 15.8. The van der Waals surface area contributed by atoms with Gasteiger partial charge in [-0.15, -0.1) is 11.3 Å². The molecule has 10 heteroatoms. The maximum Gasteiger partial charge on any atom is 0.337 e. The Bertz CT molecular complexity index is 930. The number of nitrogens with zero attached hydrogens (tertiary/aromatic N) is 5. The topological polar surface area (TPSA) is 130 Å². The van der Waals surface area contributed by atoms with E-state index in [2.05, 4.69) is 10.0 Å². The van der Waals surface area contributed by atoms with Crippen molar-refractivity contribution in [2.24, 2.45) is 12.2 Å². The van der Waals surface area contributed by atoms with Gasteiger partial charge in [-0.05, 0) is 19.4 Å². The minimum Gasteiger partial charge on any atom is -0.478 e. The van der Waals surface area contributed by atoms with Gasteiger partial charge < -0.3 is 5.11 Å². The second kappa shape index (κ2) is 5.66. The summed E-state index contributed by atoms with van der Waals surface area (Å²) in [5.41, 5.74) is 7.02. The number of hydrogen-bond donors (Lipinski definition) is 1. The summed E-state index contributed by atoms with van der Waals surface area (Å²) >= 11 is 0.988. The van der Waals surface area contributed by atoms with Gasteiger partial charge in [0.15, 0.2) is 0 Å². The lowest BCUT2D eigenvalue weighted by atomic mass is 10.2. The van der Waals surface area contributed by atoms with E-state index >= 15 is 0 Å². The van der Waals surface area contributed by atoms with Crippen molar-refractivity contribution in [1.82, 2.24) is 9.13 Å². The molecule has 2 rings (SSSR count). The third kappa shape index (κ3) is 2.28. The van der Waals surface area contributed by atoms with Crippen molar-refractivity contribution in [3.8, 4) is 0 Å². The van der Waals surface area contributed by atoms with E-state index in [1.165, 1.54) is 11.6 Å². The maximum atomic E-state index is 12.3. The minimum absolute atomic E-state index is 0.0311. The first-order valence-electron chi connectivity index (χ1n) is 6.32. The van der Waals surface area contributed by atoms with Crippen LogP contribution >= 0.6 is 11.3 Å². The van der Waals surface area contributed by atoms with Gasteiger partial charge in [-0.25, -0.2) is 9.59 Å². The molecule has 22 heavy (non-hydrogen) atoms. The van der Waals surface area contributed by atoms with Gasteiger partial charge in [0.05, 0.1) is 17.5 Å². The lowest BCUT2D eigenvalue weighted by Crippen LogP contribution is -2.38. The second-order valence-corrected chi connectivity index (χ2v) is 5.97. The fourth-order valence-electron chi connectivity index (χ4n) is 2.22. The predicted molar refractivity (Wildman–Crippen MR) is 81.5 cm³/mol. The maximum absolute atomic E-state index is 12.3. The molecular weight excluding hydrogens is 310 g/mol. The molecule has 0 aromatic carbocycles. The van der Waals surface area contributed by atoms with Crippen LogP contribution in [0, 0.1) is 0 Å². The monoisotopic (exact) mass is 323 g/mol. The van der Waals surface area contributed by atoms with E-state index in [1.54, 1.807) is 13.8 Å². The second-order valence-electron chi connectivity index (χ2n) is 4.89. The third-order valence-corrected chi connectivity index (χ3v) is 4.37. The van der Waals surface area contributed by atoms with E-state index in [-0.39, 0.29) is 33.2 Å². The van der Waals surface area contributed by atoms with Crippen molar-refractivity contribution >= 4 is 27.5 Å². The van der Waals surface area contributed by atoms with Gasteiger partial charge in [-0.2, -0.15) is 0 Å². The first-order valence-corrected chi connectivity index (χ1v) is 7.14. The van der Waals surface area contributed by atoms with Gasteiger partial charge >= 0.3 is 11.7 Å². The Morgan fingerprint density at radius 3 is 2.59 bits per heavy atom. The van der Waals surface area contributed by atoms with E-state index in [0.717, 1.165) is 15.9 Å². The van der Waals surface area contributed by atoms with Crippen LogP contribution < -0.4 is 11.2 Å².